The van der Waals surface area contributed by atoms with Gasteiger partial charge in [-0.05, 0) is 13.8 Å². The number of hydrogen-bond donors (Lipinski definition) is 0. The van der Waals surface area contributed by atoms with Crippen molar-refractivity contribution in [3.8, 4) is 0 Å². The first kappa shape index (κ1) is 10.7. The van der Waals surface area contributed by atoms with Gasteiger partial charge in [0, 0.05) is 23.6 Å². The molecule has 2 unspecified atom stereocenters. The molecule has 0 bridgehead atoms. The van der Waals surface area contributed by atoms with Crippen LogP contribution in [-0.4, -0.2) is 17.8 Å². The van der Waals surface area contributed by atoms with E-state index in [1.807, 2.05) is 0 Å². The predicted molar refractivity (Wildman–Crippen MR) is 62.1 cm³/mol. The van der Waals surface area contributed by atoms with E-state index in [2.05, 4.69) is 4.99 Å². The lowest BCUT2D eigenvalue weighted by Gasteiger charge is -2.29. The Morgan fingerprint density at radius 1 is 1.06 bits per heavy atom. The molecule has 2 atom stereocenters. The van der Waals surface area contributed by atoms with E-state index in [0.717, 1.165) is 0 Å². The SMILES string of the molecule is C/C=C1/C(=O)C2C=CN=CC2C(=O)/C1=C/C. The summed E-state index contributed by atoms with van der Waals surface area (Å²) in [5, 5.41) is 0. The minimum absolute atomic E-state index is 0.00620. The van der Waals surface area contributed by atoms with Gasteiger partial charge >= 0.3 is 0 Å². The predicted octanol–water partition coefficient (Wildman–Crippen LogP) is 1.86. The summed E-state index contributed by atoms with van der Waals surface area (Å²) in [4.78, 5) is 28.2. The molecule has 0 aromatic carbocycles. The second-order valence-electron chi connectivity index (χ2n) is 3.82. The minimum Gasteiger partial charge on any atom is -0.293 e. The number of ketones is 2. The Labute approximate surface area is 94.3 Å². The molecule has 0 aromatic rings. The second kappa shape index (κ2) is 4.00. The zero-order chi connectivity index (χ0) is 11.7. The first-order chi connectivity index (χ1) is 7.70. The van der Waals surface area contributed by atoms with Gasteiger partial charge < -0.3 is 0 Å². The van der Waals surface area contributed by atoms with E-state index < -0.39 is 5.92 Å². The van der Waals surface area contributed by atoms with E-state index in [1.165, 1.54) is 0 Å². The summed E-state index contributed by atoms with van der Waals surface area (Å²) in [6, 6.07) is 0. The van der Waals surface area contributed by atoms with Gasteiger partial charge in [0.1, 0.15) is 0 Å². The van der Waals surface area contributed by atoms with Crippen LogP contribution in [-0.2, 0) is 9.59 Å². The molecule has 1 aliphatic carbocycles. The number of fused-ring (bicyclic) bond motifs is 1. The lowest BCUT2D eigenvalue weighted by molar-refractivity contribution is -0.127. The number of aliphatic imine (C=N–C) groups is 1. The van der Waals surface area contributed by atoms with Gasteiger partial charge in [-0.1, -0.05) is 18.2 Å². The molecule has 0 amide bonds. The fraction of sp³-hybridized carbons (Fsp3) is 0.308. The Hall–Kier alpha value is -1.77. The molecule has 1 heterocycles. The fourth-order valence-corrected chi connectivity index (χ4v) is 2.20. The molecule has 1 saturated carbocycles. The van der Waals surface area contributed by atoms with E-state index in [1.54, 1.807) is 44.5 Å². The summed E-state index contributed by atoms with van der Waals surface area (Å²) in [6.07, 6.45) is 8.28. The molecule has 1 fully saturated rings. The third-order valence-electron chi connectivity index (χ3n) is 3.02. The summed E-state index contributed by atoms with van der Waals surface area (Å²) in [5.41, 5.74) is 1.06. The van der Waals surface area contributed by atoms with Crippen molar-refractivity contribution in [2.45, 2.75) is 13.8 Å². The van der Waals surface area contributed by atoms with Crippen molar-refractivity contribution >= 4 is 17.8 Å². The molecule has 1 aliphatic heterocycles. The van der Waals surface area contributed by atoms with Gasteiger partial charge in [-0.2, -0.15) is 0 Å². The molecule has 2 aliphatic rings. The maximum absolute atomic E-state index is 12.1. The van der Waals surface area contributed by atoms with Crippen LogP contribution in [0.4, 0.5) is 0 Å². The van der Waals surface area contributed by atoms with Crippen molar-refractivity contribution in [2.75, 3.05) is 0 Å². The van der Waals surface area contributed by atoms with Gasteiger partial charge in [0.25, 0.3) is 0 Å². The van der Waals surface area contributed by atoms with Crippen LogP contribution in [0.3, 0.4) is 0 Å². The maximum Gasteiger partial charge on any atom is 0.172 e. The van der Waals surface area contributed by atoms with Crippen molar-refractivity contribution in [3.05, 3.63) is 35.6 Å². The van der Waals surface area contributed by atoms with E-state index in [4.69, 9.17) is 0 Å². The van der Waals surface area contributed by atoms with Crippen LogP contribution in [0.15, 0.2) is 40.6 Å². The van der Waals surface area contributed by atoms with Crippen molar-refractivity contribution in [1.82, 2.24) is 0 Å². The van der Waals surface area contributed by atoms with Crippen molar-refractivity contribution in [3.63, 3.8) is 0 Å². The molecule has 0 aromatic heterocycles. The van der Waals surface area contributed by atoms with Crippen molar-refractivity contribution < 1.29 is 9.59 Å². The van der Waals surface area contributed by atoms with Crippen LogP contribution in [0, 0.1) is 11.8 Å². The van der Waals surface area contributed by atoms with Crippen LogP contribution < -0.4 is 0 Å². The van der Waals surface area contributed by atoms with Crippen LogP contribution in [0.2, 0.25) is 0 Å². The lowest BCUT2D eigenvalue weighted by atomic mass is 9.72. The zero-order valence-electron chi connectivity index (χ0n) is 9.31. The van der Waals surface area contributed by atoms with Gasteiger partial charge in [0.2, 0.25) is 0 Å². The number of nitrogens with zero attached hydrogens (tertiary/aromatic N) is 1. The molecule has 3 heteroatoms. The van der Waals surface area contributed by atoms with Crippen LogP contribution >= 0.6 is 0 Å². The topological polar surface area (TPSA) is 46.5 Å². The molecule has 16 heavy (non-hydrogen) atoms. The summed E-state index contributed by atoms with van der Waals surface area (Å²) >= 11 is 0. The molecular formula is C13H13NO2. The van der Waals surface area contributed by atoms with Gasteiger partial charge in [-0.15, -0.1) is 0 Å². The third-order valence-corrected chi connectivity index (χ3v) is 3.02. The van der Waals surface area contributed by atoms with Crippen LogP contribution in [0.25, 0.3) is 0 Å². The number of Topliss-reactive ketones (excluding diaryl/α,β-unsaturated/α-hetero) is 2. The van der Waals surface area contributed by atoms with Crippen LogP contribution in [0.5, 0.6) is 0 Å². The maximum atomic E-state index is 12.1. The first-order valence-electron chi connectivity index (χ1n) is 5.32. The quantitative estimate of drug-likeness (QED) is 0.579. The van der Waals surface area contributed by atoms with Gasteiger partial charge in [-0.25, -0.2) is 0 Å². The molecule has 3 nitrogen and oxygen atoms in total. The van der Waals surface area contributed by atoms with Crippen molar-refractivity contribution in [1.29, 1.82) is 0 Å². The Morgan fingerprint density at radius 3 is 2.19 bits per heavy atom. The molecule has 0 radical (unpaired) electrons. The highest BCUT2D eigenvalue weighted by Gasteiger charge is 2.41. The van der Waals surface area contributed by atoms with Gasteiger partial charge in [0.05, 0.1) is 11.8 Å². The van der Waals surface area contributed by atoms with E-state index in [0.29, 0.717) is 11.1 Å². The molecular weight excluding hydrogens is 202 g/mol. The molecule has 0 spiro atoms. The highest BCUT2D eigenvalue weighted by Crippen LogP contribution is 2.33. The Morgan fingerprint density at radius 2 is 1.62 bits per heavy atom. The normalized spacial score (nSPS) is 33.6. The lowest BCUT2D eigenvalue weighted by Crippen LogP contribution is -2.39. The smallest absolute Gasteiger partial charge is 0.172 e. The van der Waals surface area contributed by atoms with E-state index >= 15 is 0 Å². The minimum atomic E-state index is -0.410. The van der Waals surface area contributed by atoms with Gasteiger partial charge in [0.15, 0.2) is 11.6 Å². The number of rotatable bonds is 0. The average molecular weight is 215 g/mol. The van der Waals surface area contributed by atoms with Crippen LogP contribution in [0.1, 0.15) is 13.8 Å². The Balaban J connectivity index is 2.52. The number of carbonyl (C=O) groups excluding carboxylic acids is 2. The Bertz CT molecular complexity index is 422. The molecule has 82 valence electrons. The molecule has 0 N–H and O–H groups in total. The highest BCUT2D eigenvalue weighted by molar-refractivity contribution is 6.23. The summed E-state index contributed by atoms with van der Waals surface area (Å²) in [7, 11) is 0. The summed E-state index contributed by atoms with van der Waals surface area (Å²) < 4.78 is 0. The number of hydrogen-bond acceptors (Lipinski definition) is 3. The highest BCUT2D eigenvalue weighted by atomic mass is 16.1. The van der Waals surface area contributed by atoms with E-state index in [-0.39, 0.29) is 17.5 Å². The molecule has 0 saturated heterocycles. The average Bonchev–Trinajstić information content (AvgIpc) is 2.33. The second-order valence-corrected chi connectivity index (χ2v) is 3.82. The zero-order valence-corrected chi connectivity index (χ0v) is 9.31. The number of carbonyl (C=O) groups is 2. The summed E-state index contributed by atoms with van der Waals surface area (Å²) in [6.45, 7) is 3.56. The van der Waals surface area contributed by atoms with Crippen molar-refractivity contribution in [2.24, 2.45) is 16.8 Å². The van der Waals surface area contributed by atoms with Gasteiger partial charge in [-0.3, -0.25) is 14.6 Å². The van der Waals surface area contributed by atoms with E-state index in [9.17, 15) is 9.59 Å². The molecule has 2 rings (SSSR count). The first-order valence-corrected chi connectivity index (χ1v) is 5.32. The fourth-order valence-electron chi connectivity index (χ4n) is 2.20. The Kier molecular flexibility index (Phi) is 2.69. The largest absolute Gasteiger partial charge is 0.293 e. The standard InChI is InChI=1S/C13H13NO2/c1-3-8-9(4-2)13(16)11-7-14-6-5-10(11)12(8)15/h3-7,10-11H,1-2H3/b8-3+,9-4+. The summed E-state index contributed by atoms with van der Waals surface area (Å²) in [5.74, 6) is -0.761. The number of allylic oxidation sites excluding steroid dienone is 5. The monoisotopic (exact) mass is 215 g/mol. The third kappa shape index (κ3) is 1.40.